The first-order valence-electron chi connectivity index (χ1n) is 7.26. The Morgan fingerprint density at radius 3 is 2.83 bits per heavy atom. The van der Waals surface area contributed by atoms with Crippen molar-refractivity contribution in [3.63, 3.8) is 0 Å². The van der Waals surface area contributed by atoms with Crippen molar-refractivity contribution in [1.29, 1.82) is 0 Å². The fourth-order valence-corrected chi connectivity index (χ4v) is 2.81. The van der Waals surface area contributed by atoms with Crippen molar-refractivity contribution < 1.29 is 48.9 Å². The summed E-state index contributed by atoms with van der Waals surface area (Å²) >= 11 is 0. The van der Waals surface area contributed by atoms with Gasteiger partial charge in [0, 0.05) is 25.0 Å². The number of fused-ring (bicyclic) bond motifs is 1. The number of H-pyrrole nitrogens is 1. The number of aromatic carboxylic acids is 1. The Kier molecular flexibility index (Phi) is 6.43. The van der Waals surface area contributed by atoms with Gasteiger partial charge in [0.1, 0.15) is 17.0 Å². The van der Waals surface area contributed by atoms with Gasteiger partial charge in [-0.2, -0.15) is 5.10 Å². The molecule has 0 radical (unpaired) electrons. The molecule has 2 heterocycles. The minimum absolute atomic E-state index is 0. The third-order valence-electron chi connectivity index (χ3n) is 3.98. The Bertz CT molecular complexity index is 683. The van der Waals surface area contributed by atoms with Gasteiger partial charge >= 0.3 is 29.6 Å². The molecule has 1 saturated heterocycles. The molecule has 0 atom stereocenters. The minimum atomic E-state index is -1.29. The predicted molar refractivity (Wildman–Crippen MR) is 77.9 cm³/mol. The molecule has 2 aromatic rings. The number of methoxy groups -OCH3 is 1. The van der Waals surface area contributed by atoms with E-state index in [2.05, 4.69) is 15.1 Å². The van der Waals surface area contributed by atoms with Crippen LogP contribution in [0, 0.1) is 0 Å². The van der Waals surface area contributed by atoms with Crippen molar-refractivity contribution in [3.8, 4) is 5.75 Å². The number of nitrogens with one attached hydrogen (secondary N) is 1. The van der Waals surface area contributed by atoms with Crippen LogP contribution >= 0.6 is 0 Å². The minimum Gasteiger partial charge on any atom is -0.543 e. The number of carboxylic acid groups (broad SMARTS) is 1. The maximum atomic E-state index is 11.3. The first-order valence-corrected chi connectivity index (χ1v) is 7.26. The van der Waals surface area contributed by atoms with E-state index in [1.807, 2.05) is 12.1 Å². The van der Waals surface area contributed by atoms with Crippen molar-refractivity contribution in [3.05, 3.63) is 23.4 Å². The average Bonchev–Trinajstić information content (AvgIpc) is 2.99. The van der Waals surface area contributed by atoms with E-state index in [4.69, 9.17) is 9.47 Å². The van der Waals surface area contributed by atoms with E-state index < -0.39 is 5.97 Å². The summed E-state index contributed by atoms with van der Waals surface area (Å²) in [6, 6.07) is 3.72. The Morgan fingerprint density at radius 2 is 2.17 bits per heavy atom. The third kappa shape index (κ3) is 3.87. The van der Waals surface area contributed by atoms with Crippen molar-refractivity contribution in [2.75, 3.05) is 40.0 Å². The summed E-state index contributed by atoms with van der Waals surface area (Å²) in [6.07, 6.45) is 0.736. The summed E-state index contributed by atoms with van der Waals surface area (Å²) in [5.74, 6) is -0.711. The molecule has 118 valence electrons. The molecule has 3 rings (SSSR count). The molecule has 1 fully saturated rings. The van der Waals surface area contributed by atoms with Gasteiger partial charge in [-0.05, 0) is 18.1 Å². The number of nitrogens with zero attached hydrogens (tertiary/aromatic N) is 2. The number of benzene rings is 1. The molecule has 0 unspecified atom stereocenters. The molecule has 8 heteroatoms. The Labute approximate surface area is 156 Å². The van der Waals surface area contributed by atoms with Crippen LogP contribution in [-0.4, -0.2) is 61.0 Å². The zero-order valence-electron chi connectivity index (χ0n) is 13.4. The molecule has 0 amide bonds. The zero-order chi connectivity index (χ0) is 15.5. The number of carbonyl (C=O) groups excluding carboxylic acids is 1. The average molecular weight is 327 g/mol. The second kappa shape index (κ2) is 8.12. The van der Waals surface area contributed by atoms with Crippen molar-refractivity contribution >= 4 is 16.9 Å². The summed E-state index contributed by atoms with van der Waals surface area (Å²) in [6.45, 7) is 4.14. The second-order valence-corrected chi connectivity index (χ2v) is 5.24. The van der Waals surface area contributed by atoms with Crippen molar-refractivity contribution in [1.82, 2.24) is 15.1 Å². The number of hydrogen-bond donors (Lipinski definition) is 1. The van der Waals surface area contributed by atoms with E-state index in [1.54, 1.807) is 7.11 Å². The molecule has 23 heavy (non-hydrogen) atoms. The zero-order valence-corrected chi connectivity index (χ0v) is 15.4. The van der Waals surface area contributed by atoms with Crippen LogP contribution in [0.5, 0.6) is 5.75 Å². The van der Waals surface area contributed by atoms with Gasteiger partial charge in [0.2, 0.25) is 0 Å². The topological polar surface area (TPSA) is 90.5 Å². The molecule has 1 aromatic heterocycles. The molecule has 0 saturated carbocycles. The Balaban J connectivity index is 0.00000192. The molecule has 0 aliphatic carbocycles. The number of aromatic amines is 1. The van der Waals surface area contributed by atoms with Crippen LogP contribution < -0.4 is 39.4 Å². The molecule has 1 aliphatic rings. The molecule has 0 spiro atoms. The van der Waals surface area contributed by atoms with Crippen LogP contribution in [0.4, 0.5) is 0 Å². The normalized spacial score (nSPS) is 15.3. The number of rotatable bonds is 5. The SMILES string of the molecule is COc1ccc(CCN2CCOCC2)c2c(C(=O)[O-])n[nH]c12.[Na+]. The van der Waals surface area contributed by atoms with E-state index in [9.17, 15) is 9.90 Å². The van der Waals surface area contributed by atoms with Crippen molar-refractivity contribution in [2.24, 2.45) is 0 Å². The summed E-state index contributed by atoms with van der Waals surface area (Å²) in [4.78, 5) is 13.6. The van der Waals surface area contributed by atoms with Gasteiger partial charge in [-0.1, -0.05) is 6.07 Å². The van der Waals surface area contributed by atoms with Crippen LogP contribution in [0.1, 0.15) is 16.1 Å². The predicted octanol–water partition coefficient (Wildman–Crippen LogP) is -3.19. The fraction of sp³-hybridized carbons (Fsp3) is 0.467. The Hall–Kier alpha value is -1.12. The third-order valence-corrected chi connectivity index (χ3v) is 3.98. The molecule has 0 bridgehead atoms. The van der Waals surface area contributed by atoms with E-state index in [1.165, 1.54) is 0 Å². The number of carboxylic acids is 1. The van der Waals surface area contributed by atoms with E-state index >= 15 is 0 Å². The summed E-state index contributed by atoms with van der Waals surface area (Å²) in [7, 11) is 1.54. The summed E-state index contributed by atoms with van der Waals surface area (Å²) in [5.41, 5.74) is 1.46. The van der Waals surface area contributed by atoms with Crippen LogP contribution in [0.15, 0.2) is 12.1 Å². The monoisotopic (exact) mass is 327 g/mol. The maximum Gasteiger partial charge on any atom is 1.00 e. The molecule has 1 N–H and O–H groups in total. The van der Waals surface area contributed by atoms with E-state index in [-0.39, 0.29) is 35.3 Å². The maximum absolute atomic E-state index is 11.3. The summed E-state index contributed by atoms with van der Waals surface area (Å²) < 4.78 is 10.6. The van der Waals surface area contributed by atoms with E-state index in [0.29, 0.717) is 16.7 Å². The van der Waals surface area contributed by atoms with Gasteiger partial charge < -0.3 is 19.4 Å². The van der Waals surface area contributed by atoms with Crippen LogP contribution in [0.3, 0.4) is 0 Å². The van der Waals surface area contributed by atoms with Gasteiger partial charge in [-0.15, -0.1) is 0 Å². The van der Waals surface area contributed by atoms with Crippen molar-refractivity contribution in [2.45, 2.75) is 6.42 Å². The van der Waals surface area contributed by atoms with Crippen LogP contribution in [-0.2, 0) is 11.2 Å². The van der Waals surface area contributed by atoms with Crippen LogP contribution in [0.25, 0.3) is 10.9 Å². The number of hydrogen-bond acceptors (Lipinski definition) is 6. The number of ether oxygens (including phenoxy) is 2. The molecule has 1 aromatic carbocycles. The van der Waals surface area contributed by atoms with Gasteiger partial charge in [-0.3, -0.25) is 10.00 Å². The molecular weight excluding hydrogens is 309 g/mol. The first kappa shape index (κ1) is 18.2. The standard InChI is InChI=1S/C15H19N3O4.Na/c1-21-11-3-2-10(4-5-18-6-8-22-9-7-18)12-13(11)16-17-14(12)15(19)20;/h2-3H,4-9H2,1H3,(H,16,17)(H,19,20);/q;+1/p-1. The first-order chi connectivity index (χ1) is 10.7. The summed E-state index contributed by atoms with van der Waals surface area (Å²) in [5, 5.41) is 18.4. The van der Waals surface area contributed by atoms with Gasteiger partial charge in [0.15, 0.2) is 0 Å². The van der Waals surface area contributed by atoms with Crippen LogP contribution in [0.2, 0.25) is 0 Å². The molecule has 1 aliphatic heterocycles. The number of carbonyl (C=O) groups is 1. The van der Waals surface area contributed by atoms with E-state index in [0.717, 1.165) is 44.8 Å². The molecule has 7 nitrogen and oxygen atoms in total. The van der Waals surface area contributed by atoms with Gasteiger partial charge in [0.05, 0.1) is 26.3 Å². The second-order valence-electron chi connectivity index (χ2n) is 5.24. The number of aromatic nitrogens is 2. The quantitative estimate of drug-likeness (QED) is 0.582. The van der Waals surface area contributed by atoms with Gasteiger partial charge in [-0.25, -0.2) is 0 Å². The largest absolute Gasteiger partial charge is 1.00 e. The molecular formula is C15H18N3NaO4. The number of morpholine rings is 1. The fourth-order valence-electron chi connectivity index (χ4n) is 2.81. The van der Waals surface area contributed by atoms with Gasteiger partial charge in [0.25, 0.3) is 0 Å². The Morgan fingerprint density at radius 1 is 1.43 bits per heavy atom. The smallest absolute Gasteiger partial charge is 0.543 e.